The van der Waals surface area contributed by atoms with E-state index in [4.69, 9.17) is 0 Å². The molecule has 180 valence electrons. The maximum absolute atomic E-state index is 14.9. The van der Waals surface area contributed by atoms with Crippen LogP contribution in [0.4, 0.5) is 24.5 Å². The molecule has 8 heteroatoms. The molecule has 2 aliphatic heterocycles. The van der Waals surface area contributed by atoms with Gasteiger partial charge < -0.3 is 9.80 Å². The fourth-order valence-corrected chi connectivity index (χ4v) is 4.58. The number of amides is 1. The molecule has 0 saturated carbocycles. The van der Waals surface area contributed by atoms with Gasteiger partial charge in [0.2, 0.25) is 5.69 Å². The van der Waals surface area contributed by atoms with Crippen molar-refractivity contribution in [3.05, 3.63) is 94.3 Å². The van der Waals surface area contributed by atoms with Gasteiger partial charge in [-0.3, -0.25) is 4.79 Å². The van der Waals surface area contributed by atoms with Crippen molar-refractivity contribution < 1.29 is 22.7 Å². The Balaban J connectivity index is 1.30. The number of nitrogens with zero attached hydrogens (tertiary/aromatic N) is 3. The van der Waals surface area contributed by atoms with Crippen molar-refractivity contribution in [1.82, 2.24) is 10.3 Å². The van der Waals surface area contributed by atoms with Gasteiger partial charge in [-0.2, -0.15) is 0 Å². The number of benzene rings is 3. The summed E-state index contributed by atoms with van der Waals surface area (Å²) >= 11 is 0. The minimum Gasteiger partial charge on any atom is -0.369 e. The number of fused-ring (bicyclic) bond motifs is 1. The van der Waals surface area contributed by atoms with E-state index in [1.54, 1.807) is 10.8 Å². The summed E-state index contributed by atoms with van der Waals surface area (Å²) in [7, 11) is 2.06. The van der Waals surface area contributed by atoms with Gasteiger partial charge in [0.1, 0.15) is 17.5 Å². The lowest BCUT2D eigenvalue weighted by molar-refractivity contribution is -0.482. The molecule has 0 aliphatic carbocycles. The first-order valence-electron chi connectivity index (χ1n) is 11.6. The highest BCUT2D eigenvalue weighted by Gasteiger charge is 2.27. The molecule has 5 nitrogen and oxygen atoms in total. The van der Waals surface area contributed by atoms with Gasteiger partial charge in [-0.1, -0.05) is 16.8 Å². The summed E-state index contributed by atoms with van der Waals surface area (Å²) in [6, 6.07) is 13.9. The molecule has 1 amide bonds. The summed E-state index contributed by atoms with van der Waals surface area (Å²) in [5, 5.41) is 0. The van der Waals surface area contributed by atoms with Crippen LogP contribution in [0.15, 0.2) is 54.6 Å². The molecule has 0 bridgehead atoms. The SMILES string of the molecule is CN1CCN(c2ccc(C(=O)N[N+]3=CCc4ccc(Cc5cc(F)cc(F)c5)cc43)c(F)c2)CC1. The van der Waals surface area contributed by atoms with Gasteiger partial charge in [-0.05, 0) is 54.9 Å². The van der Waals surface area contributed by atoms with Crippen molar-refractivity contribution in [3.8, 4) is 0 Å². The molecule has 1 N–H and O–H groups in total. The summed E-state index contributed by atoms with van der Waals surface area (Å²) in [6.07, 6.45) is 2.76. The number of anilines is 1. The fourth-order valence-electron chi connectivity index (χ4n) is 4.58. The number of hydrogen-bond acceptors (Lipinski definition) is 3. The zero-order valence-electron chi connectivity index (χ0n) is 19.4. The molecule has 2 aliphatic rings. The monoisotopic (exact) mass is 479 g/mol. The van der Waals surface area contributed by atoms with Crippen LogP contribution in [-0.4, -0.2) is 54.9 Å². The number of hydrazone groups is 1. The molecule has 0 aromatic heterocycles. The van der Waals surface area contributed by atoms with Crippen molar-refractivity contribution in [2.24, 2.45) is 0 Å². The van der Waals surface area contributed by atoms with Gasteiger partial charge in [0.15, 0.2) is 6.21 Å². The molecule has 0 unspecified atom stereocenters. The first kappa shape index (κ1) is 23.1. The normalized spacial score (nSPS) is 15.7. The molecular formula is C27H26F3N4O+. The van der Waals surface area contributed by atoms with Crippen LogP contribution in [0.2, 0.25) is 0 Å². The van der Waals surface area contributed by atoms with E-state index in [9.17, 15) is 18.0 Å². The van der Waals surface area contributed by atoms with Crippen LogP contribution in [-0.2, 0) is 12.8 Å². The van der Waals surface area contributed by atoms with Gasteiger partial charge in [0.25, 0.3) is 0 Å². The molecule has 1 saturated heterocycles. The topological polar surface area (TPSA) is 38.6 Å². The number of nitrogens with one attached hydrogen (secondary N) is 1. The number of halogens is 3. The Morgan fingerprint density at radius 2 is 1.66 bits per heavy atom. The Hall–Kier alpha value is -3.65. The van der Waals surface area contributed by atoms with E-state index in [-0.39, 0.29) is 5.56 Å². The highest BCUT2D eigenvalue weighted by atomic mass is 19.1. The van der Waals surface area contributed by atoms with Crippen molar-refractivity contribution in [2.75, 3.05) is 38.1 Å². The van der Waals surface area contributed by atoms with Crippen LogP contribution < -0.4 is 10.3 Å². The van der Waals surface area contributed by atoms with Gasteiger partial charge >= 0.3 is 5.91 Å². The van der Waals surface area contributed by atoms with Crippen LogP contribution in [0.25, 0.3) is 0 Å². The second kappa shape index (κ2) is 9.54. The Labute approximate surface area is 202 Å². The van der Waals surface area contributed by atoms with E-state index < -0.39 is 23.4 Å². The largest absolute Gasteiger partial charge is 0.369 e. The fraction of sp³-hybridized carbons (Fsp3) is 0.259. The first-order chi connectivity index (χ1) is 16.9. The highest BCUT2D eigenvalue weighted by Crippen LogP contribution is 2.26. The number of piperazine rings is 1. The number of hydrogen-bond donors (Lipinski definition) is 1. The lowest BCUT2D eigenvalue weighted by Gasteiger charge is -2.34. The smallest absolute Gasteiger partial charge is 0.308 e. The predicted molar refractivity (Wildman–Crippen MR) is 129 cm³/mol. The Morgan fingerprint density at radius 1 is 0.914 bits per heavy atom. The summed E-state index contributed by atoms with van der Waals surface area (Å²) < 4.78 is 43.6. The third-order valence-electron chi connectivity index (χ3n) is 6.52. The van der Waals surface area contributed by atoms with Gasteiger partial charge in [0, 0.05) is 49.6 Å². The quantitative estimate of drug-likeness (QED) is 0.561. The van der Waals surface area contributed by atoms with Crippen molar-refractivity contribution >= 4 is 23.5 Å². The summed E-state index contributed by atoms with van der Waals surface area (Å²) in [4.78, 5) is 17.2. The zero-order valence-corrected chi connectivity index (χ0v) is 19.4. The molecule has 0 radical (unpaired) electrons. The second-order valence-corrected chi connectivity index (χ2v) is 9.07. The Kier molecular flexibility index (Phi) is 6.30. The van der Waals surface area contributed by atoms with Gasteiger partial charge in [-0.15, -0.1) is 5.43 Å². The number of likely N-dealkylation sites (N-methyl/N-ethyl adjacent to an activating group) is 1. The third-order valence-corrected chi connectivity index (χ3v) is 6.52. The first-order valence-corrected chi connectivity index (χ1v) is 11.6. The maximum atomic E-state index is 14.9. The van der Waals surface area contributed by atoms with E-state index in [1.807, 2.05) is 24.4 Å². The lowest BCUT2D eigenvalue weighted by atomic mass is 10.0. The van der Waals surface area contributed by atoms with Crippen molar-refractivity contribution in [1.29, 1.82) is 0 Å². The minimum absolute atomic E-state index is 0.0314. The van der Waals surface area contributed by atoms with E-state index in [1.165, 1.54) is 24.3 Å². The van der Waals surface area contributed by atoms with E-state index in [2.05, 4.69) is 22.3 Å². The third kappa shape index (κ3) is 5.07. The molecule has 5 rings (SSSR count). The molecule has 35 heavy (non-hydrogen) atoms. The van der Waals surface area contributed by atoms with Gasteiger partial charge in [-0.25, -0.2) is 13.2 Å². The van der Waals surface area contributed by atoms with Crippen LogP contribution in [0.5, 0.6) is 0 Å². The summed E-state index contributed by atoms with van der Waals surface area (Å²) in [5.74, 6) is -2.36. The number of hydrazine groups is 1. The standard InChI is InChI=1S/C27H25F3N4O/c1-32-8-10-33(11-9-32)23-4-5-24(25(30)17-23)27(35)31-34-7-6-20-3-2-18(15-26(20)34)12-19-13-21(28)16-22(29)14-19/h2-5,7,13-17H,6,8-12H2,1H3/p+1. The molecule has 3 aromatic carbocycles. The average molecular weight is 480 g/mol. The highest BCUT2D eigenvalue weighted by molar-refractivity contribution is 5.94. The lowest BCUT2D eigenvalue weighted by Crippen LogP contribution is -2.44. The number of carbonyl (C=O) groups is 1. The van der Waals surface area contributed by atoms with Gasteiger partial charge in [0.05, 0.1) is 12.0 Å². The molecular weight excluding hydrogens is 453 g/mol. The second-order valence-electron chi connectivity index (χ2n) is 9.07. The molecule has 0 spiro atoms. The van der Waals surface area contributed by atoms with Crippen molar-refractivity contribution in [2.45, 2.75) is 12.8 Å². The maximum Gasteiger partial charge on any atom is 0.308 e. The molecule has 0 atom stereocenters. The predicted octanol–water partition coefficient (Wildman–Crippen LogP) is 4.06. The van der Waals surface area contributed by atoms with Crippen LogP contribution >= 0.6 is 0 Å². The summed E-state index contributed by atoms with van der Waals surface area (Å²) in [6.45, 7) is 3.44. The van der Waals surface area contributed by atoms with E-state index in [0.717, 1.165) is 54.7 Å². The summed E-state index contributed by atoms with van der Waals surface area (Å²) in [5.41, 5.74) is 6.60. The molecule has 3 aromatic rings. The van der Waals surface area contributed by atoms with Crippen LogP contribution in [0, 0.1) is 17.5 Å². The number of carbonyl (C=O) groups excluding carboxylic acids is 1. The Bertz CT molecular complexity index is 1300. The minimum atomic E-state index is -0.621. The van der Waals surface area contributed by atoms with E-state index >= 15 is 0 Å². The average Bonchev–Trinajstić information content (AvgIpc) is 3.20. The molecule has 2 heterocycles. The zero-order chi connectivity index (χ0) is 24.5. The van der Waals surface area contributed by atoms with E-state index in [0.29, 0.717) is 18.4 Å². The van der Waals surface area contributed by atoms with Crippen molar-refractivity contribution in [3.63, 3.8) is 0 Å². The van der Waals surface area contributed by atoms with Crippen LogP contribution in [0.1, 0.15) is 27.0 Å². The Morgan fingerprint density at radius 3 is 2.37 bits per heavy atom. The number of rotatable bonds is 5. The van der Waals surface area contributed by atoms with Crippen LogP contribution in [0.3, 0.4) is 0 Å². The molecule has 1 fully saturated rings.